The Morgan fingerprint density at radius 1 is 1.36 bits per heavy atom. The second-order valence-corrected chi connectivity index (χ2v) is 4.60. The van der Waals surface area contributed by atoms with Crippen LogP contribution in [0.2, 0.25) is 0 Å². The first kappa shape index (κ1) is 11.9. The van der Waals surface area contributed by atoms with Crippen molar-refractivity contribution in [3.05, 3.63) is 0 Å². The van der Waals surface area contributed by atoms with E-state index in [1.807, 2.05) is 4.90 Å². The smallest absolute Gasteiger partial charge is 0.236 e. The lowest BCUT2D eigenvalue weighted by atomic mass is 10.1. The van der Waals surface area contributed by atoms with Crippen LogP contribution >= 0.6 is 11.8 Å². The van der Waals surface area contributed by atoms with Crippen molar-refractivity contribution in [2.45, 2.75) is 19.3 Å². The van der Waals surface area contributed by atoms with Gasteiger partial charge in [-0.2, -0.15) is 11.8 Å². The molecule has 1 saturated heterocycles. The summed E-state index contributed by atoms with van der Waals surface area (Å²) in [6.45, 7) is 3.37. The molecule has 0 bridgehead atoms. The second-order valence-electron chi connectivity index (χ2n) is 3.61. The van der Waals surface area contributed by atoms with Gasteiger partial charge in [0.25, 0.3) is 0 Å². The highest BCUT2D eigenvalue weighted by Crippen LogP contribution is 2.07. The van der Waals surface area contributed by atoms with Gasteiger partial charge in [-0.05, 0) is 25.5 Å². The lowest BCUT2D eigenvalue weighted by Gasteiger charge is -2.26. The molecular weight excluding hydrogens is 196 g/mol. The number of amides is 1. The predicted molar refractivity (Wildman–Crippen MR) is 61.7 cm³/mol. The Morgan fingerprint density at radius 2 is 2.07 bits per heavy atom. The van der Waals surface area contributed by atoms with Gasteiger partial charge in [0, 0.05) is 25.4 Å². The lowest BCUT2D eigenvalue weighted by molar-refractivity contribution is -0.131. The van der Waals surface area contributed by atoms with Crippen LogP contribution in [0.15, 0.2) is 0 Å². The molecule has 1 amide bonds. The number of carbonyl (C=O) groups is 1. The summed E-state index contributed by atoms with van der Waals surface area (Å²) >= 11 is 1.80. The van der Waals surface area contributed by atoms with E-state index in [1.165, 1.54) is 19.3 Å². The summed E-state index contributed by atoms with van der Waals surface area (Å²) in [5.74, 6) is 1.35. The number of nitrogens with one attached hydrogen (secondary N) is 1. The number of nitrogens with zero attached hydrogens (tertiary/aromatic N) is 1. The molecule has 0 aliphatic carbocycles. The average Bonchev–Trinajstić information content (AvgIpc) is 2.25. The summed E-state index contributed by atoms with van der Waals surface area (Å²) in [4.78, 5) is 13.6. The fourth-order valence-electron chi connectivity index (χ4n) is 1.62. The van der Waals surface area contributed by atoms with E-state index >= 15 is 0 Å². The fourth-order valence-corrected chi connectivity index (χ4v) is 1.97. The normalized spacial score (nSPS) is 17.1. The molecule has 3 nitrogen and oxygen atoms in total. The quantitative estimate of drug-likeness (QED) is 0.695. The zero-order valence-corrected chi connectivity index (χ0v) is 9.74. The molecule has 14 heavy (non-hydrogen) atoms. The van der Waals surface area contributed by atoms with Crippen molar-refractivity contribution < 1.29 is 4.79 Å². The van der Waals surface area contributed by atoms with Crippen molar-refractivity contribution in [3.8, 4) is 0 Å². The van der Waals surface area contributed by atoms with Crippen molar-refractivity contribution in [2.75, 3.05) is 38.2 Å². The summed E-state index contributed by atoms with van der Waals surface area (Å²) in [5, 5.41) is 3.17. The largest absolute Gasteiger partial charge is 0.342 e. The Kier molecular flexibility index (Phi) is 6.03. The van der Waals surface area contributed by atoms with Gasteiger partial charge in [-0.1, -0.05) is 0 Å². The second kappa shape index (κ2) is 7.12. The third kappa shape index (κ3) is 4.33. The molecule has 1 rings (SSSR count). The maximum atomic E-state index is 11.6. The van der Waals surface area contributed by atoms with Crippen LogP contribution in [0.3, 0.4) is 0 Å². The number of rotatable bonds is 5. The van der Waals surface area contributed by atoms with Crippen LogP contribution in [-0.2, 0) is 4.79 Å². The van der Waals surface area contributed by atoms with Crippen LogP contribution in [0.25, 0.3) is 0 Å². The Morgan fingerprint density at radius 3 is 2.71 bits per heavy atom. The Hall–Kier alpha value is -0.220. The molecule has 0 aromatic heterocycles. The van der Waals surface area contributed by atoms with Gasteiger partial charge in [0.15, 0.2) is 0 Å². The molecule has 0 saturated carbocycles. The number of hydrogen-bond donors (Lipinski definition) is 1. The molecule has 1 aliphatic rings. The van der Waals surface area contributed by atoms with E-state index in [2.05, 4.69) is 11.6 Å². The van der Waals surface area contributed by atoms with Crippen LogP contribution in [0.4, 0.5) is 0 Å². The molecule has 0 aromatic carbocycles. The SMILES string of the molecule is CSCCNCC(=O)N1CCCCC1. The monoisotopic (exact) mass is 216 g/mol. The summed E-state index contributed by atoms with van der Waals surface area (Å²) < 4.78 is 0. The van der Waals surface area contributed by atoms with Gasteiger partial charge in [-0.3, -0.25) is 4.79 Å². The number of piperidine rings is 1. The molecular formula is C10H20N2OS. The van der Waals surface area contributed by atoms with Crippen LogP contribution in [0, 0.1) is 0 Å². The van der Waals surface area contributed by atoms with Crippen molar-refractivity contribution >= 4 is 17.7 Å². The highest BCUT2D eigenvalue weighted by molar-refractivity contribution is 7.98. The summed E-state index contributed by atoms with van der Waals surface area (Å²) in [6, 6.07) is 0. The molecule has 1 fully saturated rings. The first-order valence-electron chi connectivity index (χ1n) is 5.32. The number of hydrogen-bond acceptors (Lipinski definition) is 3. The predicted octanol–water partition coefficient (Wildman–Crippen LogP) is 0.951. The van der Waals surface area contributed by atoms with E-state index in [0.717, 1.165) is 25.4 Å². The molecule has 1 heterocycles. The van der Waals surface area contributed by atoms with Gasteiger partial charge in [0.05, 0.1) is 6.54 Å². The van der Waals surface area contributed by atoms with Gasteiger partial charge in [-0.25, -0.2) is 0 Å². The van der Waals surface area contributed by atoms with Gasteiger partial charge in [-0.15, -0.1) is 0 Å². The summed E-state index contributed by atoms with van der Waals surface area (Å²) in [5.41, 5.74) is 0. The summed E-state index contributed by atoms with van der Waals surface area (Å²) in [6.07, 6.45) is 5.71. The lowest BCUT2D eigenvalue weighted by Crippen LogP contribution is -2.41. The zero-order valence-electron chi connectivity index (χ0n) is 8.92. The maximum Gasteiger partial charge on any atom is 0.236 e. The van der Waals surface area contributed by atoms with E-state index in [0.29, 0.717) is 6.54 Å². The third-order valence-corrected chi connectivity index (χ3v) is 3.08. The van der Waals surface area contributed by atoms with Gasteiger partial charge in [0.1, 0.15) is 0 Å². The van der Waals surface area contributed by atoms with E-state index < -0.39 is 0 Å². The molecule has 0 unspecified atom stereocenters. The van der Waals surface area contributed by atoms with Crippen molar-refractivity contribution in [2.24, 2.45) is 0 Å². The van der Waals surface area contributed by atoms with Gasteiger partial charge in [0.2, 0.25) is 5.91 Å². The first-order chi connectivity index (χ1) is 6.84. The molecule has 4 heteroatoms. The first-order valence-corrected chi connectivity index (χ1v) is 6.71. The third-order valence-electron chi connectivity index (χ3n) is 2.47. The van der Waals surface area contributed by atoms with E-state index in [9.17, 15) is 4.79 Å². The van der Waals surface area contributed by atoms with Gasteiger partial charge < -0.3 is 10.2 Å². The van der Waals surface area contributed by atoms with Crippen molar-refractivity contribution in [3.63, 3.8) is 0 Å². The Labute approximate surface area is 90.6 Å². The fraction of sp³-hybridized carbons (Fsp3) is 0.900. The molecule has 0 radical (unpaired) electrons. The molecule has 82 valence electrons. The van der Waals surface area contributed by atoms with Gasteiger partial charge >= 0.3 is 0 Å². The minimum atomic E-state index is 0.269. The average molecular weight is 216 g/mol. The van der Waals surface area contributed by atoms with Crippen LogP contribution < -0.4 is 5.32 Å². The summed E-state index contributed by atoms with van der Waals surface area (Å²) in [7, 11) is 0. The minimum absolute atomic E-state index is 0.269. The Bertz CT molecular complexity index is 170. The number of likely N-dealkylation sites (tertiary alicyclic amines) is 1. The molecule has 0 spiro atoms. The molecule has 1 aliphatic heterocycles. The van der Waals surface area contributed by atoms with Crippen LogP contribution in [0.1, 0.15) is 19.3 Å². The standard InChI is InChI=1S/C10H20N2OS/c1-14-8-5-11-9-10(13)12-6-3-2-4-7-12/h11H,2-9H2,1H3. The van der Waals surface area contributed by atoms with E-state index in [-0.39, 0.29) is 5.91 Å². The van der Waals surface area contributed by atoms with E-state index in [4.69, 9.17) is 0 Å². The highest BCUT2D eigenvalue weighted by Gasteiger charge is 2.15. The minimum Gasteiger partial charge on any atom is -0.342 e. The van der Waals surface area contributed by atoms with Crippen LogP contribution in [0.5, 0.6) is 0 Å². The van der Waals surface area contributed by atoms with Crippen LogP contribution in [-0.4, -0.2) is 49.0 Å². The highest BCUT2D eigenvalue weighted by atomic mass is 32.2. The Balaban J connectivity index is 2.07. The maximum absolute atomic E-state index is 11.6. The molecule has 0 atom stereocenters. The molecule has 0 aromatic rings. The topological polar surface area (TPSA) is 32.3 Å². The number of thioether (sulfide) groups is 1. The van der Waals surface area contributed by atoms with Crippen molar-refractivity contribution in [1.82, 2.24) is 10.2 Å². The van der Waals surface area contributed by atoms with Crippen molar-refractivity contribution in [1.29, 1.82) is 0 Å². The van der Waals surface area contributed by atoms with E-state index in [1.54, 1.807) is 11.8 Å². The molecule has 1 N–H and O–H groups in total. The number of carbonyl (C=O) groups excluding carboxylic acids is 1. The zero-order chi connectivity index (χ0) is 10.2.